The first kappa shape index (κ1) is 37.5. The van der Waals surface area contributed by atoms with Crippen molar-refractivity contribution in [1.29, 1.82) is 0 Å². The van der Waals surface area contributed by atoms with Crippen molar-refractivity contribution in [2.24, 2.45) is 0 Å². The molecular formula is C37H66O7. The zero-order chi connectivity index (χ0) is 31.6. The van der Waals surface area contributed by atoms with Crippen LogP contribution >= 0.6 is 0 Å². The average Bonchev–Trinajstić information content (AvgIpc) is 3.76. The number of carbonyl (C=O) groups is 1. The molecular weight excluding hydrogens is 556 g/mol. The fraction of sp³-hybridized carbons (Fsp3) is 0.919. The van der Waals surface area contributed by atoms with Crippen LogP contribution in [0.3, 0.4) is 0 Å². The van der Waals surface area contributed by atoms with Crippen LogP contribution in [0.4, 0.5) is 0 Å². The van der Waals surface area contributed by atoms with E-state index in [1.54, 1.807) is 0 Å². The number of esters is 1. The summed E-state index contributed by atoms with van der Waals surface area (Å²) >= 11 is 0. The van der Waals surface area contributed by atoms with Gasteiger partial charge in [0.1, 0.15) is 6.10 Å². The van der Waals surface area contributed by atoms with Gasteiger partial charge in [-0.2, -0.15) is 0 Å². The summed E-state index contributed by atoms with van der Waals surface area (Å²) in [4.78, 5) is 11.7. The van der Waals surface area contributed by atoms with Crippen molar-refractivity contribution in [3.8, 4) is 0 Å². The second-order valence-corrected chi connectivity index (χ2v) is 14.0. The molecule has 0 aliphatic carbocycles. The number of aliphatic hydroxyl groups excluding tert-OH is 3. The SMILES string of the molecule is CCCCCCCCCC[C@H](O)[C@H]1CC[C@H]([C@H]2CC[C@H]([C@H](O)CCCCCCCCC[C@H](O)CCC3=C[C@H](C)OC3=O)O2)O1. The van der Waals surface area contributed by atoms with E-state index >= 15 is 0 Å². The molecule has 0 aromatic rings. The summed E-state index contributed by atoms with van der Waals surface area (Å²) in [7, 11) is 0. The van der Waals surface area contributed by atoms with Gasteiger partial charge in [-0.15, -0.1) is 0 Å². The molecule has 3 rings (SSSR count). The van der Waals surface area contributed by atoms with Crippen LogP contribution in [-0.2, 0) is 19.0 Å². The molecule has 8 atom stereocenters. The molecule has 0 amide bonds. The zero-order valence-electron chi connectivity index (χ0n) is 28.1. The van der Waals surface area contributed by atoms with E-state index in [4.69, 9.17) is 14.2 Å². The van der Waals surface area contributed by atoms with Gasteiger partial charge in [0, 0.05) is 5.57 Å². The quantitative estimate of drug-likeness (QED) is 0.0703. The Morgan fingerprint density at radius 3 is 1.57 bits per heavy atom. The van der Waals surface area contributed by atoms with Gasteiger partial charge in [0.25, 0.3) is 0 Å². The van der Waals surface area contributed by atoms with Crippen molar-refractivity contribution in [1.82, 2.24) is 0 Å². The molecule has 3 N–H and O–H groups in total. The van der Waals surface area contributed by atoms with Crippen molar-refractivity contribution in [3.63, 3.8) is 0 Å². The minimum absolute atomic E-state index is 0.0495. The maximum atomic E-state index is 11.7. The van der Waals surface area contributed by atoms with E-state index in [1.807, 2.05) is 13.0 Å². The maximum Gasteiger partial charge on any atom is 0.334 e. The van der Waals surface area contributed by atoms with Crippen LogP contribution < -0.4 is 0 Å². The van der Waals surface area contributed by atoms with Crippen molar-refractivity contribution in [3.05, 3.63) is 11.6 Å². The zero-order valence-corrected chi connectivity index (χ0v) is 28.1. The van der Waals surface area contributed by atoms with Gasteiger partial charge in [-0.25, -0.2) is 4.79 Å². The van der Waals surface area contributed by atoms with Crippen molar-refractivity contribution < 1.29 is 34.3 Å². The first-order valence-electron chi connectivity index (χ1n) is 18.6. The van der Waals surface area contributed by atoms with Gasteiger partial charge in [-0.1, -0.05) is 103 Å². The molecule has 7 heteroatoms. The Hall–Kier alpha value is -0.990. The van der Waals surface area contributed by atoms with Crippen LogP contribution in [0.1, 0.15) is 168 Å². The Balaban J connectivity index is 1.13. The number of ether oxygens (including phenoxy) is 3. The van der Waals surface area contributed by atoms with Gasteiger partial charge in [0.2, 0.25) is 0 Å². The number of hydrogen-bond donors (Lipinski definition) is 3. The highest BCUT2D eigenvalue weighted by molar-refractivity contribution is 5.90. The van der Waals surface area contributed by atoms with E-state index < -0.39 is 6.10 Å². The maximum absolute atomic E-state index is 11.7. The van der Waals surface area contributed by atoms with E-state index in [0.29, 0.717) is 18.4 Å². The summed E-state index contributed by atoms with van der Waals surface area (Å²) in [6.45, 7) is 4.11. The monoisotopic (exact) mass is 622 g/mol. The third kappa shape index (κ3) is 14.2. The largest absolute Gasteiger partial charge is 0.455 e. The molecule has 3 heterocycles. The van der Waals surface area contributed by atoms with Gasteiger partial charge in [-0.3, -0.25) is 0 Å². The molecule has 0 radical (unpaired) electrons. The lowest BCUT2D eigenvalue weighted by molar-refractivity contribution is -0.139. The van der Waals surface area contributed by atoms with E-state index in [-0.39, 0.29) is 48.7 Å². The molecule has 2 saturated heterocycles. The third-order valence-electron chi connectivity index (χ3n) is 10.1. The summed E-state index contributed by atoms with van der Waals surface area (Å²) in [5.41, 5.74) is 0.706. The van der Waals surface area contributed by atoms with Crippen LogP contribution in [-0.4, -0.2) is 70.1 Å². The summed E-state index contributed by atoms with van der Waals surface area (Å²) in [6, 6.07) is 0. The fourth-order valence-corrected chi connectivity index (χ4v) is 7.25. The number of aliphatic hydroxyl groups is 3. The molecule has 7 nitrogen and oxygen atoms in total. The minimum Gasteiger partial charge on any atom is -0.455 e. The lowest BCUT2D eigenvalue weighted by atomic mass is 10.00. The molecule has 3 aliphatic rings. The van der Waals surface area contributed by atoms with E-state index in [9.17, 15) is 20.1 Å². The first-order chi connectivity index (χ1) is 21.4. The van der Waals surface area contributed by atoms with Gasteiger partial charge in [0.15, 0.2) is 0 Å². The fourth-order valence-electron chi connectivity index (χ4n) is 7.25. The predicted octanol–water partition coefficient (Wildman–Crippen LogP) is 7.86. The molecule has 3 aliphatic heterocycles. The van der Waals surface area contributed by atoms with E-state index in [2.05, 4.69) is 6.92 Å². The molecule has 0 saturated carbocycles. The smallest absolute Gasteiger partial charge is 0.334 e. The molecule has 256 valence electrons. The van der Waals surface area contributed by atoms with Crippen LogP contribution in [0.15, 0.2) is 11.6 Å². The van der Waals surface area contributed by atoms with Crippen LogP contribution in [0.5, 0.6) is 0 Å². The highest BCUT2D eigenvalue weighted by Crippen LogP contribution is 2.34. The summed E-state index contributed by atoms with van der Waals surface area (Å²) < 4.78 is 17.7. The standard InChI is InChI=1S/C37H66O7/c1-3-4-5-6-7-10-13-16-19-31(39)33-23-25-35(43-33)36-26-24-34(44-36)32(40)20-17-14-11-8-9-12-15-18-30(38)22-21-29-27-28(2)42-37(29)41/h27-28,30-36,38-40H,3-26H2,1-2H3/t28-,30-,31-,32+,33+,34+,35+,36+/m0/s1. The molecule has 0 unspecified atom stereocenters. The Labute approximate surface area is 268 Å². The number of hydrogen-bond acceptors (Lipinski definition) is 7. The summed E-state index contributed by atoms with van der Waals surface area (Å²) in [5, 5.41) is 31.7. The number of cyclic esters (lactones) is 1. The average molecular weight is 623 g/mol. The molecule has 0 bridgehead atoms. The van der Waals surface area contributed by atoms with Gasteiger partial charge in [0.05, 0.1) is 42.7 Å². The molecule has 0 spiro atoms. The van der Waals surface area contributed by atoms with Gasteiger partial charge >= 0.3 is 5.97 Å². The highest BCUT2D eigenvalue weighted by Gasteiger charge is 2.40. The Kier molecular flexibility index (Phi) is 18.5. The lowest BCUT2D eigenvalue weighted by Gasteiger charge is -2.24. The number of carbonyl (C=O) groups excluding carboxylic acids is 1. The first-order valence-corrected chi connectivity index (χ1v) is 18.6. The number of rotatable bonds is 25. The van der Waals surface area contributed by atoms with Crippen LogP contribution in [0.2, 0.25) is 0 Å². The van der Waals surface area contributed by atoms with Crippen LogP contribution in [0.25, 0.3) is 0 Å². The third-order valence-corrected chi connectivity index (χ3v) is 10.1. The predicted molar refractivity (Wildman–Crippen MR) is 175 cm³/mol. The second-order valence-electron chi connectivity index (χ2n) is 14.0. The topological polar surface area (TPSA) is 105 Å². The van der Waals surface area contributed by atoms with Crippen molar-refractivity contribution in [2.45, 2.75) is 217 Å². The summed E-state index contributed by atoms with van der Waals surface area (Å²) in [6.07, 6.45) is 25.9. The summed E-state index contributed by atoms with van der Waals surface area (Å²) in [5.74, 6) is -0.231. The molecule has 2 fully saturated rings. The van der Waals surface area contributed by atoms with E-state index in [1.165, 1.54) is 64.2 Å². The van der Waals surface area contributed by atoms with E-state index in [0.717, 1.165) is 77.0 Å². The number of unbranched alkanes of at least 4 members (excludes halogenated alkanes) is 13. The Bertz CT molecular complexity index is 801. The second kappa shape index (κ2) is 21.7. The normalized spacial score (nSPS) is 27.4. The minimum atomic E-state index is -0.406. The lowest BCUT2D eigenvalue weighted by Crippen LogP contribution is -2.33. The Morgan fingerprint density at radius 2 is 1.11 bits per heavy atom. The Morgan fingerprint density at radius 1 is 0.659 bits per heavy atom. The molecule has 0 aromatic carbocycles. The molecule has 44 heavy (non-hydrogen) atoms. The van der Waals surface area contributed by atoms with Gasteiger partial charge in [-0.05, 0) is 70.8 Å². The van der Waals surface area contributed by atoms with Crippen molar-refractivity contribution >= 4 is 5.97 Å². The highest BCUT2D eigenvalue weighted by atomic mass is 16.6. The molecule has 0 aromatic heterocycles. The van der Waals surface area contributed by atoms with Crippen molar-refractivity contribution in [2.75, 3.05) is 0 Å². The van der Waals surface area contributed by atoms with Crippen LogP contribution in [0, 0.1) is 0 Å². The van der Waals surface area contributed by atoms with Gasteiger partial charge < -0.3 is 29.5 Å².